The van der Waals surface area contributed by atoms with E-state index in [1.165, 1.54) is 32.1 Å². The highest BCUT2D eigenvalue weighted by molar-refractivity contribution is 14.1. The van der Waals surface area contributed by atoms with Gasteiger partial charge in [0, 0.05) is 3.92 Å². The van der Waals surface area contributed by atoms with Crippen LogP contribution >= 0.6 is 22.6 Å². The predicted molar refractivity (Wildman–Crippen MR) is 98.7 cm³/mol. The van der Waals surface area contributed by atoms with Crippen LogP contribution in [0, 0.1) is 40.4 Å². The highest BCUT2D eigenvalue weighted by Gasteiger charge is 2.59. The summed E-state index contributed by atoms with van der Waals surface area (Å²) in [7, 11) is 0. The Kier molecular flexibility index (Phi) is 3.72. The lowest BCUT2D eigenvalue weighted by Crippen LogP contribution is -2.53. The van der Waals surface area contributed by atoms with Gasteiger partial charge in [-0.2, -0.15) is 0 Å². The van der Waals surface area contributed by atoms with Crippen LogP contribution < -0.4 is 0 Å². The number of fused-ring (bicyclic) bond motifs is 5. The maximum Gasteiger partial charge on any atom is 0.0113 e. The fraction of sp³-hybridized carbons (Fsp3) is 1.00. The van der Waals surface area contributed by atoms with Gasteiger partial charge in [0.05, 0.1) is 0 Å². The minimum absolute atomic E-state index is 0.699. The number of halogens is 1. The Morgan fingerprint density at radius 3 is 2.33 bits per heavy atom. The van der Waals surface area contributed by atoms with E-state index < -0.39 is 0 Å². The van der Waals surface area contributed by atoms with Gasteiger partial charge < -0.3 is 0 Å². The maximum absolute atomic E-state index is 2.73. The van der Waals surface area contributed by atoms with Crippen molar-refractivity contribution in [3.05, 3.63) is 0 Å². The van der Waals surface area contributed by atoms with Gasteiger partial charge in [-0.3, -0.25) is 0 Å². The second-order valence-electron chi connectivity index (χ2n) is 9.55. The van der Waals surface area contributed by atoms with Gasteiger partial charge >= 0.3 is 0 Å². The first-order chi connectivity index (χ1) is 9.95. The minimum atomic E-state index is 0.699. The first-order valence-corrected chi connectivity index (χ1v) is 10.8. The molecule has 120 valence electrons. The summed E-state index contributed by atoms with van der Waals surface area (Å²) in [5.74, 6) is 5.27. The van der Waals surface area contributed by atoms with Crippen LogP contribution in [0.1, 0.15) is 78.6 Å². The molecule has 4 aliphatic rings. The van der Waals surface area contributed by atoms with Crippen LogP contribution in [0.25, 0.3) is 0 Å². The van der Waals surface area contributed by atoms with Crippen molar-refractivity contribution in [2.45, 2.75) is 82.5 Å². The molecule has 0 aromatic heterocycles. The quantitative estimate of drug-likeness (QED) is 0.323. The van der Waals surface area contributed by atoms with E-state index in [0.29, 0.717) is 10.8 Å². The lowest BCUT2D eigenvalue weighted by atomic mass is 9.45. The molecule has 0 N–H and O–H groups in total. The molecule has 4 aliphatic carbocycles. The first-order valence-electron chi connectivity index (χ1n) is 9.59. The summed E-state index contributed by atoms with van der Waals surface area (Å²) in [4.78, 5) is 0. The Morgan fingerprint density at radius 1 is 0.810 bits per heavy atom. The molecule has 1 heteroatoms. The van der Waals surface area contributed by atoms with Crippen LogP contribution in [0.3, 0.4) is 0 Å². The molecule has 0 radical (unpaired) electrons. The number of hydrogen-bond donors (Lipinski definition) is 0. The molecule has 0 amide bonds. The summed E-state index contributed by atoms with van der Waals surface area (Å²) >= 11 is 2.73. The van der Waals surface area contributed by atoms with E-state index in [-0.39, 0.29) is 0 Å². The van der Waals surface area contributed by atoms with Crippen LogP contribution in [-0.2, 0) is 0 Å². The Balaban J connectivity index is 1.62. The summed E-state index contributed by atoms with van der Waals surface area (Å²) in [6, 6.07) is 0. The lowest BCUT2D eigenvalue weighted by Gasteiger charge is -2.61. The summed E-state index contributed by atoms with van der Waals surface area (Å²) < 4.78 is 0.970. The van der Waals surface area contributed by atoms with Gasteiger partial charge in [0.15, 0.2) is 0 Å². The van der Waals surface area contributed by atoms with E-state index in [1.54, 1.807) is 25.7 Å². The molecule has 0 nitrogen and oxygen atoms in total. The molecule has 0 aromatic carbocycles. The zero-order valence-corrected chi connectivity index (χ0v) is 16.4. The van der Waals surface area contributed by atoms with Gasteiger partial charge in [0.25, 0.3) is 0 Å². The Morgan fingerprint density at radius 2 is 1.52 bits per heavy atom. The van der Waals surface area contributed by atoms with Crippen LogP contribution in [0.15, 0.2) is 0 Å². The van der Waals surface area contributed by atoms with Crippen LogP contribution in [-0.4, -0.2) is 3.92 Å². The smallest absolute Gasteiger partial charge is 0.0113 e. The van der Waals surface area contributed by atoms with Crippen molar-refractivity contribution in [2.24, 2.45) is 40.4 Å². The average Bonchev–Trinajstić information content (AvgIpc) is 2.76. The summed E-state index contributed by atoms with van der Waals surface area (Å²) in [6.45, 7) is 7.91. The van der Waals surface area contributed by atoms with E-state index in [9.17, 15) is 0 Å². The number of rotatable bonds is 0. The fourth-order valence-electron chi connectivity index (χ4n) is 7.47. The number of hydrogen-bond acceptors (Lipinski definition) is 0. The first kappa shape index (κ1) is 15.3. The van der Waals surface area contributed by atoms with Gasteiger partial charge in [0.1, 0.15) is 0 Å². The monoisotopic (exact) mass is 400 g/mol. The highest BCUT2D eigenvalue weighted by atomic mass is 127. The molecule has 8 atom stereocenters. The molecule has 8 unspecified atom stereocenters. The molecule has 4 fully saturated rings. The van der Waals surface area contributed by atoms with Crippen molar-refractivity contribution in [3.63, 3.8) is 0 Å². The van der Waals surface area contributed by atoms with E-state index in [0.717, 1.165) is 33.5 Å². The van der Waals surface area contributed by atoms with Crippen LogP contribution in [0.5, 0.6) is 0 Å². The van der Waals surface area contributed by atoms with Gasteiger partial charge in [0.2, 0.25) is 0 Å². The van der Waals surface area contributed by atoms with Gasteiger partial charge in [-0.15, -0.1) is 0 Å². The van der Waals surface area contributed by atoms with E-state index in [1.807, 2.05) is 0 Å². The van der Waals surface area contributed by atoms with Crippen molar-refractivity contribution in [2.75, 3.05) is 0 Å². The Labute approximate surface area is 145 Å². The van der Waals surface area contributed by atoms with Gasteiger partial charge in [-0.05, 0) is 98.2 Å². The number of alkyl halides is 1. The molecule has 21 heavy (non-hydrogen) atoms. The molecule has 0 heterocycles. The second kappa shape index (κ2) is 5.11. The largest absolute Gasteiger partial charge is 0.0826 e. The molecule has 0 saturated heterocycles. The topological polar surface area (TPSA) is 0 Å². The third kappa shape index (κ3) is 2.11. The Hall–Kier alpha value is 0.730. The third-order valence-electron chi connectivity index (χ3n) is 9.08. The standard InChI is InChI=1S/C20H33I/c1-13-4-7-17-16-6-5-14-12-15(21)8-10-20(14,3)18(16)9-11-19(13,17)2/h13-18H,4-12H2,1-3H3. The second-order valence-corrected chi connectivity index (χ2v) is 11.3. The maximum atomic E-state index is 2.73. The fourth-order valence-corrected chi connectivity index (χ4v) is 8.39. The minimum Gasteiger partial charge on any atom is -0.0826 e. The normalized spacial score (nSPS) is 60.0. The van der Waals surface area contributed by atoms with Crippen molar-refractivity contribution >= 4 is 22.6 Å². The van der Waals surface area contributed by atoms with Gasteiger partial charge in [-0.25, -0.2) is 0 Å². The molecular weight excluding hydrogens is 367 g/mol. The SMILES string of the molecule is CC1CCC2C3CCC4CC(I)CCC4(C)C3CCC12C. The van der Waals surface area contributed by atoms with Gasteiger partial charge in [-0.1, -0.05) is 43.4 Å². The van der Waals surface area contributed by atoms with E-state index in [4.69, 9.17) is 0 Å². The molecule has 0 aliphatic heterocycles. The highest BCUT2D eigenvalue weighted by Crippen LogP contribution is 2.67. The lowest BCUT2D eigenvalue weighted by molar-refractivity contribution is -0.108. The zero-order chi connectivity index (χ0) is 14.8. The molecule has 0 aromatic rings. The average molecular weight is 400 g/mol. The summed E-state index contributed by atoms with van der Waals surface area (Å²) in [5.41, 5.74) is 1.41. The third-order valence-corrected chi connectivity index (χ3v) is 10.2. The summed E-state index contributed by atoms with van der Waals surface area (Å²) in [6.07, 6.45) is 13.8. The Bertz CT molecular complexity index is 418. The predicted octanol–water partition coefficient (Wildman–Crippen LogP) is 6.47. The van der Waals surface area contributed by atoms with Crippen LogP contribution in [0.4, 0.5) is 0 Å². The van der Waals surface area contributed by atoms with Crippen LogP contribution in [0.2, 0.25) is 0 Å². The van der Waals surface area contributed by atoms with Crippen molar-refractivity contribution in [3.8, 4) is 0 Å². The van der Waals surface area contributed by atoms with E-state index >= 15 is 0 Å². The molecule has 4 rings (SSSR count). The van der Waals surface area contributed by atoms with Crippen molar-refractivity contribution < 1.29 is 0 Å². The zero-order valence-electron chi connectivity index (χ0n) is 14.2. The molecular formula is C20H33I. The van der Waals surface area contributed by atoms with Crippen molar-refractivity contribution in [1.82, 2.24) is 0 Å². The summed E-state index contributed by atoms with van der Waals surface area (Å²) in [5, 5.41) is 0. The van der Waals surface area contributed by atoms with Crippen molar-refractivity contribution in [1.29, 1.82) is 0 Å². The van der Waals surface area contributed by atoms with E-state index in [2.05, 4.69) is 43.4 Å². The molecule has 4 saturated carbocycles. The molecule has 0 spiro atoms. The molecule has 0 bridgehead atoms.